The van der Waals surface area contributed by atoms with Gasteiger partial charge in [-0.2, -0.15) is 0 Å². The number of aryl methyl sites for hydroxylation is 1. The highest BCUT2D eigenvalue weighted by atomic mass is 16.5. The van der Waals surface area contributed by atoms with E-state index in [-0.39, 0.29) is 23.3 Å². The van der Waals surface area contributed by atoms with Crippen LogP contribution in [0.2, 0.25) is 0 Å². The van der Waals surface area contributed by atoms with Gasteiger partial charge in [0.2, 0.25) is 5.75 Å². The van der Waals surface area contributed by atoms with Crippen molar-refractivity contribution in [2.75, 3.05) is 34.9 Å². The molecular formula is C21H25NO5. The summed E-state index contributed by atoms with van der Waals surface area (Å²) in [5.74, 6) is 1.36. The lowest BCUT2D eigenvalue weighted by Crippen LogP contribution is -2.32. The Kier molecular flexibility index (Phi) is 4.30. The van der Waals surface area contributed by atoms with Crippen LogP contribution in [0.1, 0.15) is 29.2 Å². The number of nitrogens with zero attached hydrogens (tertiary/aromatic N) is 1. The number of phenolic OH excluding ortho intramolecular Hbond substituents is 2. The number of ether oxygens (including phenoxy) is 3. The maximum Gasteiger partial charge on any atom is 0.203 e. The highest BCUT2D eigenvalue weighted by Gasteiger charge is 2.36. The molecular weight excluding hydrogens is 346 g/mol. The summed E-state index contributed by atoms with van der Waals surface area (Å²) in [7, 11) is 6.76. The summed E-state index contributed by atoms with van der Waals surface area (Å²) in [5, 5.41) is 21.1. The molecule has 27 heavy (non-hydrogen) atoms. The highest BCUT2D eigenvalue weighted by molar-refractivity contribution is 5.88. The zero-order valence-electron chi connectivity index (χ0n) is 16.1. The van der Waals surface area contributed by atoms with Crippen LogP contribution in [0.5, 0.6) is 28.7 Å². The van der Waals surface area contributed by atoms with E-state index in [1.54, 1.807) is 20.3 Å². The number of likely N-dealkylation sites (N-methyl/N-ethyl adjacent to an activating group) is 1. The minimum Gasteiger partial charge on any atom is -0.504 e. The third-order valence-electron chi connectivity index (χ3n) is 5.83. The van der Waals surface area contributed by atoms with Gasteiger partial charge in [0, 0.05) is 23.7 Å². The van der Waals surface area contributed by atoms with Crippen LogP contribution in [0.3, 0.4) is 0 Å². The first-order valence-electron chi connectivity index (χ1n) is 9.11. The van der Waals surface area contributed by atoms with Crippen molar-refractivity contribution in [2.24, 2.45) is 0 Å². The molecule has 1 aliphatic carbocycles. The van der Waals surface area contributed by atoms with E-state index < -0.39 is 0 Å². The lowest BCUT2D eigenvalue weighted by molar-refractivity contribution is 0.220. The van der Waals surface area contributed by atoms with Crippen LogP contribution in [0, 0.1) is 0 Å². The van der Waals surface area contributed by atoms with Crippen LogP contribution in [0.4, 0.5) is 0 Å². The molecule has 6 nitrogen and oxygen atoms in total. The van der Waals surface area contributed by atoms with Gasteiger partial charge < -0.3 is 24.4 Å². The number of rotatable bonds is 3. The summed E-state index contributed by atoms with van der Waals surface area (Å²) in [4.78, 5) is 2.35. The molecule has 0 amide bonds. The normalized spacial score (nSPS) is 18.3. The number of hydrogen-bond donors (Lipinski definition) is 2. The Bertz CT molecular complexity index is 908. The van der Waals surface area contributed by atoms with Gasteiger partial charge in [-0.25, -0.2) is 0 Å². The average Bonchev–Trinajstić information content (AvgIpc) is 2.82. The highest BCUT2D eigenvalue weighted by Crippen LogP contribution is 2.56. The topological polar surface area (TPSA) is 71.4 Å². The minimum absolute atomic E-state index is 0.0515. The third kappa shape index (κ3) is 2.51. The molecule has 0 saturated heterocycles. The predicted molar refractivity (Wildman–Crippen MR) is 102 cm³/mol. The van der Waals surface area contributed by atoms with E-state index in [2.05, 4.69) is 11.9 Å². The Morgan fingerprint density at radius 3 is 2.15 bits per heavy atom. The molecule has 0 aromatic heterocycles. The van der Waals surface area contributed by atoms with Crippen LogP contribution >= 0.6 is 0 Å². The molecule has 2 N–H and O–H groups in total. The Hall–Kier alpha value is -2.60. The molecule has 144 valence electrons. The number of phenols is 2. The van der Waals surface area contributed by atoms with Gasteiger partial charge in [0.15, 0.2) is 23.0 Å². The summed E-state index contributed by atoms with van der Waals surface area (Å²) in [6.07, 6.45) is 2.54. The second-order valence-electron chi connectivity index (χ2n) is 7.16. The Morgan fingerprint density at radius 2 is 1.48 bits per heavy atom. The molecule has 0 radical (unpaired) electrons. The summed E-state index contributed by atoms with van der Waals surface area (Å²) in [6.45, 7) is 0.935. The Labute approximate surface area is 158 Å². The Morgan fingerprint density at radius 1 is 0.852 bits per heavy atom. The molecule has 4 rings (SSSR count). The van der Waals surface area contributed by atoms with Crippen molar-refractivity contribution >= 4 is 0 Å². The molecule has 1 unspecified atom stereocenters. The molecule has 0 saturated carbocycles. The minimum atomic E-state index is 0.0515. The first kappa shape index (κ1) is 17.8. The summed E-state index contributed by atoms with van der Waals surface area (Å²) < 4.78 is 16.7. The van der Waals surface area contributed by atoms with Gasteiger partial charge in [0.05, 0.1) is 21.3 Å². The molecule has 1 atom stereocenters. The maximum absolute atomic E-state index is 10.7. The van der Waals surface area contributed by atoms with Crippen molar-refractivity contribution in [1.82, 2.24) is 4.90 Å². The molecule has 0 fully saturated rings. The van der Waals surface area contributed by atoms with Crippen LogP contribution in [0.25, 0.3) is 11.1 Å². The van der Waals surface area contributed by atoms with Crippen LogP contribution < -0.4 is 14.2 Å². The number of aromatic hydroxyl groups is 2. The summed E-state index contributed by atoms with van der Waals surface area (Å²) in [5.41, 5.74) is 4.93. The van der Waals surface area contributed by atoms with Crippen molar-refractivity contribution in [2.45, 2.75) is 25.3 Å². The van der Waals surface area contributed by atoms with Crippen molar-refractivity contribution in [3.63, 3.8) is 0 Å². The van der Waals surface area contributed by atoms with Gasteiger partial charge in [-0.3, -0.25) is 4.90 Å². The molecule has 0 bridgehead atoms. The maximum atomic E-state index is 10.7. The van der Waals surface area contributed by atoms with Gasteiger partial charge >= 0.3 is 0 Å². The zero-order chi connectivity index (χ0) is 19.3. The standard InChI is InChI=1S/C21H25NO5/c1-22-8-7-12-10-14(23)19(25-2)18-16(12)13(22)6-5-11-9-15(24)20(26-3)21(27-4)17(11)18/h9-10,13,23-24H,5-8H2,1-4H3. The number of methoxy groups -OCH3 is 3. The van der Waals surface area contributed by atoms with Gasteiger partial charge in [-0.05, 0) is 55.1 Å². The van der Waals surface area contributed by atoms with Crippen molar-refractivity contribution in [3.8, 4) is 39.9 Å². The number of hydrogen-bond acceptors (Lipinski definition) is 6. The molecule has 6 heteroatoms. The summed E-state index contributed by atoms with van der Waals surface area (Å²) in [6, 6.07) is 3.78. The molecule has 1 heterocycles. The van der Waals surface area contributed by atoms with Crippen LogP contribution in [-0.4, -0.2) is 50.0 Å². The predicted octanol–water partition coefficient (Wildman–Crippen LogP) is 3.27. The molecule has 0 spiro atoms. The first-order valence-corrected chi connectivity index (χ1v) is 9.11. The van der Waals surface area contributed by atoms with Gasteiger partial charge in [-0.1, -0.05) is 0 Å². The van der Waals surface area contributed by atoms with E-state index in [0.717, 1.165) is 48.1 Å². The van der Waals surface area contributed by atoms with Crippen molar-refractivity contribution in [3.05, 3.63) is 28.8 Å². The largest absolute Gasteiger partial charge is 0.504 e. The monoisotopic (exact) mass is 371 g/mol. The van der Waals surface area contributed by atoms with E-state index in [4.69, 9.17) is 14.2 Å². The lowest BCUT2D eigenvalue weighted by Gasteiger charge is -2.36. The molecule has 2 aromatic rings. The fourth-order valence-electron chi connectivity index (χ4n) is 4.63. The average molecular weight is 371 g/mol. The summed E-state index contributed by atoms with van der Waals surface area (Å²) >= 11 is 0. The van der Waals surface area contributed by atoms with Gasteiger partial charge in [0.1, 0.15) is 0 Å². The van der Waals surface area contributed by atoms with Gasteiger partial charge in [0.25, 0.3) is 0 Å². The van der Waals surface area contributed by atoms with E-state index in [1.807, 2.05) is 6.07 Å². The number of fused-ring (bicyclic) bond motifs is 2. The van der Waals surface area contributed by atoms with Gasteiger partial charge in [-0.15, -0.1) is 0 Å². The second kappa shape index (κ2) is 6.53. The third-order valence-corrected chi connectivity index (χ3v) is 5.83. The molecule has 2 aromatic carbocycles. The SMILES string of the molecule is COc1c(O)cc2c(c1OC)-c1c(OC)c(O)cc3c1C(CC2)N(C)CC3. The van der Waals surface area contributed by atoms with E-state index in [0.29, 0.717) is 11.5 Å². The van der Waals surface area contributed by atoms with E-state index in [1.165, 1.54) is 12.7 Å². The van der Waals surface area contributed by atoms with Crippen LogP contribution in [0.15, 0.2) is 12.1 Å². The second-order valence-corrected chi connectivity index (χ2v) is 7.16. The lowest BCUT2D eigenvalue weighted by atomic mass is 9.85. The van der Waals surface area contributed by atoms with Crippen LogP contribution in [-0.2, 0) is 12.8 Å². The smallest absolute Gasteiger partial charge is 0.203 e. The number of benzene rings is 2. The van der Waals surface area contributed by atoms with Crippen molar-refractivity contribution < 1.29 is 24.4 Å². The Balaban J connectivity index is 2.16. The van der Waals surface area contributed by atoms with Crippen molar-refractivity contribution in [1.29, 1.82) is 0 Å². The zero-order valence-corrected chi connectivity index (χ0v) is 16.1. The molecule has 2 aliphatic rings. The first-order chi connectivity index (χ1) is 13.0. The quantitative estimate of drug-likeness (QED) is 0.863. The van der Waals surface area contributed by atoms with E-state index >= 15 is 0 Å². The fraction of sp³-hybridized carbons (Fsp3) is 0.429. The molecule has 1 aliphatic heterocycles. The van der Waals surface area contributed by atoms with E-state index in [9.17, 15) is 10.2 Å². The fourth-order valence-corrected chi connectivity index (χ4v) is 4.63.